The van der Waals surface area contributed by atoms with Gasteiger partial charge in [0.1, 0.15) is 6.04 Å². The summed E-state index contributed by atoms with van der Waals surface area (Å²) in [6.07, 6.45) is 0. The Hall–Kier alpha value is -1.36. The average molecular weight is 241 g/mol. The standard InChI is InChI=1S/C11H15NO3S/c1-4-15-11(14)8(3)12-10(13)9-6-16-5-7(9)2/h5-6,8H,4H2,1-3H3,(H,12,13). The predicted octanol–water partition coefficient (Wildman–Crippen LogP) is 1.74. The molecule has 0 spiro atoms. The molecule has 16 heavy (non-hydrogen) atoms. The van der Waals surface area contributed by atoms with Crippen LogP contribution in [0, 0.1) is 6.92 Å². The van der Waals surface area contributed by atoms with Gasteiger partial charge in [-0.2, -0.15) is 11.3 Å². The fourth-order valence-electron chi connectivity index (χ4n) is 1.19. The van der Waals surface area contributed by atoms with Crippen molar-refractivity contribution in [1.29, 1.82) is 0 Å². The molecule has 0 bridgehead atoms. The normalized spacial score (nSPS) is 11.9. The minimum absolute atomic E-state index is 0.237. The Balaban J connectivity index is 2.58. The van der Waals surface area contributed by atoms with Crippen LogP contribution in [0.25, 0.3) is 0 Å². The molecule has 4 nitrogen and oxygen atoms in total. The first kappa shape index (κ1) is 12.7. The minimum Gasteiger partial charge on any atom is -0.464 e. The van der Waals surface area contributed by atoms with Crippen molar-refractivity contribution in [3.63, 3.8) is 0 Å². The number of hydrogen-bond donors (Lipinski definition) is 1. The Morgan fingerprint density at radius 1 is 1.50 bits per heavy atom. The maximum atomic E-state index is 11.7. The summed E-state index contributed by atoms with van der Waals surface area (Å²) >= 11 is 1.46. The van der Waals surface area contributed by atoms with Crippen molar-refractivity contribution < 1.29 is 14.3 Å². The van der Waals surface area contributed by atoms with Gasteiger partial charge in [0.25, 0.3) is 5.91 Å². The number of thiophene rings is 1. The minimum atomic E-state index is -0.619. The summed E-state index contributed by atoms with van der Waals surface area (Å²) < 4.78 is 4.80. The smallest absolute Gasteiger partial charge is 0.328 e. The van der Waals surface area contributed by atoms with Gasteiger partial charge < -0.3 is 10.1 Å². The Morgan fingerprint density at radius 2 is 2.19 bits per heavy atom. The van der Waals surface area contributed by atoms with Crippen LogP contribution in [0.4, 0.5) is 0 Å². The third-order valence-electron chi connectivity index (χ3n) is 2.09. The molecule has 1 heterocycles. The first-order valence-electron chi connectivity index (χ1n) is 5.06. The largest absolute Gasteiger partial charge is 0.464 e. The molecule has 0 aliphatic rings. The molecule has 0 saturated carbocycles. The molecule has 1 rings (SSSR count). The Morgan fingerprint density at radius 3 is 2.69 bits per heavy atom. The highest BCUT2D eigenvalue weighted by molar-refractivity contribution is 7.08. The topological polar surface area (TPSA) is 55.4 Å². The number of esters is 1. The number of carbonyl (C=O) groups is 2. The monoisotopic (exact) mass is 241 g/mol. The van der Waals surface area contributed by atoms with Gasteiger partial charge >= 0.3 is 5.97 Å². The molecule has 88 valence electrons. The fourth-order valence-corrected chi connectivity index (χ4v) is 2.02. The van der Waals surface area contributed by atoms with Crippen LogP contribution in [0.3, 0.4) is 0 Å². The van der Waals surface area contributed by atoms with E-state index in [1.54, 1.807) is 19.2 Å². The summed E-state index contributed by atoms with van der Waals surface area (Å²) in [6.45, 7) is 5.52. The first-order chi connectivity index (χ1) is 7.56. The average Bonchev–Trinajstić information content (AvgIpc) is 2.64. The molecule has 1 N–H and O–H groups in total. The molecule has 1 aromatic heterocycles. The molecule has 1 amide bonds. The molecule has 0 aromatic carbocycles. The molecule has 0 radical (unpaired) electrons. The van der Waals surface area contributed by atoms with E-state index in [4.69, 9.17) is 4.74 Å². The zero-order valence-electron chi connectivity index (χ0n) is 9.57. The molecule has 0 fully saturated rings. The number of amides is 1. The highest BCUT2D eigenvalue weighted by atomic mass is 32.1. The third-order valence-corrected chi connectivity index (χ3v) is 2.95. The lowest BCUT2D eigenvalue weighted by molar-refractivity contribution is -0.144. The van der Waals surface area contributed by atoms with Crippen molar-refractivity contribution >= 4 is 23.2 Å². The van der Waals surface area contributed by atoms with Gasteiger partial charge in [0.05, 0.1) is 12.2 Å². The van der Waals surface area contributed by atoms with Crippen molar-refractivity contribution in [2.24, 2.45) is 0 Å². The van der Waals surface area contributed by atoms with E-state index in [-0.39, 0.29) is 5.91 Å². The summed E-state index contributed by atoms with van der Waals surface area (Å²) in [5, 5.41) is 6.26. The van der Waals surface area contributed by atoms with Gasteiger partial charge in [-0.05, 0) is 31.7 Å². The van der Waals surface area contributed by atoms with Gasteiger partial charge in [-0.1, -0.05) is 0 Å². The highest BCUT2D eigenvalue weighted by Crippen LogP contribution is 2.13. The van der Waals surface area contributed by atoms with E-state index >= 15 is 0 Å². The number of rotatable bonds is 4. The molecule has 0 saturated heterocycles. The lowest BCUT2D eigenvalue weighted by Gasteiger charge is -2.12. The zero-order chi connectivity index (χ0) is 12.1. The number of nitrogens with one attached hydrogen (secondary N) is 1. The van der Waals surface area contributed by atoms with Gasteiger partial charge in [-0.3, -0.25) is 4.79 Å². The Bertz CT molecular complexity index is 386. The fraction of sp³-hybridized carbons (Fsp3) is 0.455. The van der Waals surface area contributed by atoms with E-state index in [9.17, 15) is 9.59 Å². The molecule has 1 unspecified atom stereocenters. The molecule has 0 aliphatic carbocycles. The summed E-state index contributed by atoms with van der Waals surface area (Å²) in [6, 6.07) is -0.619. The van der Waals surface area contributed by atoms with E-state index in [0.29, 0.717) is 12.2 Å². The summed E-state index contributed by atoms with van der Waals surface area (Å²) in [4.78, 5) is 23.0. The van der Waals surface area contributed by atoms with E-state index in [1.807, 2.05) is 12.3 Å². The van der Waals surface area contributed by atoms with E-state index in [0.717, 1.165) is 5.56 Å². The van der Waals surface area contributed by atoms with Gasteiger partial charge in [-0.15, -0.1) is 0 Å². The van der Waals surface area contributed by atoms with Gasteiger partial charge in [0, 0.05) is 5.38 Å². The summed E-state index contributed by atoms with van der Waals surface area (Å²) in [5.41, 5.74) is 1.53. The number of hydrogen-bond acceptors (Lipinski definition) is 4. The Labute approximate surface area is 98.6 Å². The van der Waals surface area contributed by atoms with Crippen LogP contribution in [0.5, 0.6) is 0 Å². The van der Waals surface area contributed by atoms with Gasteiger partial charge in [-0.25, -0.2) is 4.79 Å². The van der Waals surface area contributed by atoms with E-state index < -0.39 is 12.0 Å². The van der Waals surface area contributed by atoms with Gasteiger partial charge in [0.2, 0.25) is 0 Å². The second kappa shape index (κ2) is 5.65. The first-order valence-corrected chi connectivity index (χ1v) is 6.00. The summed E-state index contributed by atoms with van der Waals surface area (Å²) in [5.74, 6) is -0.650. The Kier molecular flexibility index (Phi) is 4.49. The predicted molar refractivity (Wildman–Crippen MR) is 62.6 cm³/mol. The van der Waals surface area contributed by atoms with Crippen molar-refractivity contribution in [1.82, 2.24) is 5.32 Å². The summed E-state index contributed by atoms with van der Waals surface area (Å²) in [7, 11) is 0. The van der Waals surface area contributed by atoms with Crippen molar-refractivity contribution in [3.8, 4) is 0 Å². The molecule has 1 aromatic rings. The molecule has 0 aliphatic heterocycles. The van der Waals surface area contributed by atoms with Crippen LogP contribution < -0.4 is 5.32 Å². The number of carbonyl (C=O) groups excluding carboxylic acids is 2. The number of aryl methyl sites for hydroxylation is 1. The van der Waals surface area contributed by atoms with Crippen LogP contribution in [0.1, 0.15) is 29.8 Å². The van der Waals surface area contributed by atoms with Crippen LogP contribution in [-0.2, 0) is 9.53 Å². The quantitative estimate of drug-likeness (QED) is 0.817. The van der Waals surface area contributed by atoms with Crippen LogP contribution >= 0.6 is 11.3 Å². The second-order valence-electron chi connectivity index (χ2n) is 3.42. The second-order valence-corrected chi connectivity index (χ2v) is 4.16. The van der Waals surface area contributed by atoms with E-state index in [1.165, 1.54) is 11.3 Å². The van der Waals surface area contributed by atoms with E-state index in [2.05, 4.69) is 5.32 Å². The molecule has 1 atom stereocenters. The van der Waals surface area contributed by atoms with Crippen LogP contribution in [0.2, 0.25) is 0 Å². The molecule has 5 heteroatoms. The SMILES string of the molecule is CCOC(=O)C(C)NC(=O)c1cscc1C. The lowest BCUT2D eigenvalue weighted by Crippen LogP contribution is -2.39. The van der Waals surface area contributed by atoms with Crippen molar-refractivity contribution in [2.75, 3.05) is 6.61 Å². The third kappa shape index (κ3) is 3.06. The van der Waals surface area contributed by atoms with Crippen LogP contribution in [-0.4, -0.2) is 24.5 Å². The maximum Gasteiger partial charge on any atom is 0.328 e. The number of ether oxygens (including phenoxy) is 1. The lowest BCUT2D eigenvalue weighted by atomic mass is 10.2. The zero-order valence-corrected chi connectivity index (χ0v) is 10.4. The van der Waals surface area contributed by atoms with Crippen LogP contribution in [0.15, 0.2) is 10.8 Å². The van der Waals surface area contributed by atoms with Gasteiger partial charge in [0.15, 0.2) is 0 Å². The van der Waals surface area contributed by atoms with Crippen molar-refractivity contribution in [2.45, 2.75) is 26.8 Å². The maximum absolute atomic E-state index is 11.7. The van der Waals surface area contributed by atoms with Crippen molar-refractivity contribution in [3.05, 3.63) is 21.9 Å². The highest BCUT2D eigenvalue weighted by Gasteiger charge is 2.18. The molecular formula is C11H15NO3S. The molecular weight excluding hydrogens is 226 g/mol.